The molecule has 0 bridgehead atoms. The van der Waals surface area contributed by atoms with Crippen LogP contribution in [0.4, 0.5) is 0 Å². The van der Waals surface area contributed by atoms with Gasteiger partial charge in [0.05, 0.1) is 5.52 Å². The number of aromatic nitrogens is 2. The third kappa shape index (κ3) is 2.88. The van der Waals surface area contributed by atoms with Crippen molar-refractivity contribution in [2.75, 3.05) is 0 Å². The van der Waals surface area contributed by atoms with Crippen LogP contribution in [0.3, 0.4) is 0 Å². The maximum absolute atomic E-state index is 13.0. The van der Waals surface area contributed by atoms with E-state index in [1.165, 1.54) is 25.7 Å². The van der Waals surface area contributed by atoms with E-state index in [4.69, 9.17) is 16.6 Å². The molecule has 2 aliphatic carbocycles. The molecular formula is C21H20ClN3O. The van der Waals surface area contributed by atoms with E-state index < -0.39 is 0 Å². The number of fused-ring (bicyclic) bond motifs is 1. The number of halogens is 1. The van der Waals surface area contributed by atoms with Crippen LogP contribution in [0.2, 0.25) is 5.02 Å². The van der Waals surface area contributed by atoms with Gasteiger partial charge in [-0.05, 0) is 61.8 Å². The summed E-state index contributed by atoms with van der Waals surface area (Å²) in [5.74, 6) is 1.99. The Morgan fingerprint density at radius 3 is 2.58 bits per heavy atom. The minimum absolute atomic E-state index is 0.0641. The Balaban J connectivity index is 1.54. The molecule has 2 heterocycles. The molecule has 5 heteroatoms. The first kappa shape index (κ1) is 15.9. The van der Waals surface area contributed by atoms with Crippen LogP contribution in [0.1, 0.15) is 36.2 Å². The summed E-state index contributed by atoms with van der Waals surface area (Å²) in [7, 11) is 0. The van der Waals surface area contributed by atoms with Crippen molar-refractivity contribution in [1.29, 1.82) is 0 Å². The fourth-order valence-corrected chi connectivity index (χ4v) is 3.98. The molecule has 1 N–H and O–H groups in total. The number of amides is 1. The van der Waals surface area contributed by atoms with Crippen molar-refractivity contribution in [3.63, 3.8) is 0 Å². The molecule has 0 spiro atoms. The molecule has 26 heavy (non-hydrogen) atoms. The van der Waals surface area contributed by atoms with E-state index in [1.54, 1.807) is 0 Å². The molecule has 1 aromatic carbocycles. The van der Waals surface area contributed by atoms with Gasteiger partial charge in [0.1, 0.15) is 5.82 Å². The van der Waals surface area contributed by atoms with Crippen LogP contribution in [-0.4, -0.2) is 21.3 Å². The molecule has 0 unspecified atom stereocenters. The quantitative estimate of drug-likeness (QED) is 0.719. The highest BCUT2D eigenvalue weighted by Gasteiger charge is 2.42. The van der Waals surface area contributed by atoms with Crippen LogP contribution in [0.25, 0.3) is 16.9 Å². The van der Waals surface area contributed by atoms with Crippen molar-refractivity contribution in [2.24, 2.45) is 11.8 Å². The summed E-state index contributed by atoms with van der Waals surface area (Å²) in [6, 6.07) is 13.7. The predicted molar refractivity (Wildman–Crippen MR) is 102 cm³/mol. The number of hydrogen-bond acceptors (Lipinski definition) is 2. The molecule has 2 fully saturated rings. The third-order valence-corrected chi connectivity index (χ3v) is 5.64. The molecule has 0 atom stereocenters. The number of pyridine rings is 1. The van der Waals surface area contributed by atoms with E-state index in [0.717, 1.165) is 16.9 Å². The van der Waals surface area contributed by atoms with Gasteiger partial charge >= 0.3 is 0 Å². The number of benzene rings is 1. The second-order valence-electron chi connectivity index (χ2n) is 7.42. The number of imidazole rings is 1. The highest BCUT2D eigenvalue weighted by molar-refractivity contribution is 6.30. The van der Waals surface area contributed by atoms with Crippen LogP contribution >= 0.6 is 11.6 Å². The van der Waals surface area contributed by atoms with Gasteiger partial charge in [0.2, 0.25) is 0 Å². The van der Waals surface area contributed by atoms with Crippen molar-refractivity contribution in [1.82, 2.24) is 14.7 Å². The molecule has 0 saturated heterocycles. The lowest BCUT2D eigenvalue weighted by Crippen LogP contribution is -2.38. The molecule has 132 valence electrons. The average Bonchev–Trinajstić information content (AvgIpc) is 3.56. The van der Waals surface area contributed by atoms with Crippen LogP contribution in [0, 0.1) is 11.8 Å². The van der Waals surface area contributed by atoms with Crippen molar-refractivity contribution in [3.05, 3.63) is 59.4 Å². The Hall–Kier alpha value is -2.33. The van der Waals surface area contributed by atoms with Crippen LogP contribution in [-0.2, 0) is 0 Å². The van der Waals surface area contributed by atoms with E-state index in [2.05, 4.69) is 5.32 Å². The number of nitrogens with zero attached hydrogens (tertiary/aromatic N) is 2. The monoisotopic (exact) mass is 365 g/mol. The lowest BCUT2D eigenvalue weighted by molar-refractivity contribution is 0.0923. The Morgan fingerprint density at radius 1 is 1.12 bits per heavy atom. The van der Waals surface area contributed by atoms with Gasteiger partial charge in [-0.1, -0.05) is 29.8 Å². The minimum Gasteiger partial charge on any atom is -0.347 e. The first-order chi connectivity index (χ1) is 12.7. The van der Waals surface area contributed by atoms with E-state index in [-0.39, 0.29) is 5.91 Å². The van der Waals surface area contributed by atoms with Crippen molar-refractivity contribution >= 4 is 23.0 Å². The van der Waals surface area contributed by atoms with Crippen molar-refractivity contribution in [2.45, 2.75) is 31.7 Å². The molecule has 2 aromatic heterocycles. The van der Waals surface area contributed by atoms with E-state index in [9.17, 15) is 4.79 Å². The highest BCUT2D eigenvalue weighted by atomic mass is 35.5. The second kappa shape index (κ2) is 6.13. The van der Waals surface area contributed by atoms with Crippen LogP contribution in [0.5, 0.6) is 0 Å². The Labute approximate surface area is 157 Å². The molecule has 4 nitrogen and oxygen atoms in total. The SMILES string of the molecule is O=C(NC(C1CC1)C1CC1)c1nc(-c2cccc(Cl)c2)n2ccccc12. The first-order valence-electron chi connectivity index (χ1n) is 9.24. The van der Waals surface area contributed by atoms with Crippen molar-refractivity contribution in [3.8, 4) is 11.4 Å². The van der Waals surface area contributed by atoms with E-state index in [0.29, 0.717) is 28.6 Å². The summed E-state index contributed by atoms with van der Waals surface area (Å²) in [4.78, 5) is 17.7. The van der Waals surface area contributed by atoms with Gasteiger partial charge in [-0.2, -0.15) is 0 Å². The summed E-state index contributed by atoms with van der Waals surface area (Å²) in [6.45, 7) is 0. The summed E-state index contributed by atoms with van der Waals surface area (Å²) in [5, 5.41) is 3.94. The van der Waals surface area contributed by atoms with Gasteiger partial charge in [-0.3, -0.25) is 9.20 Å². The molecule has 3 aromatic rings. The zero-order chi connectivity index (χ0) is 17.7. The number of rotatable bonds is 5. The maximum atomic E-state index is 13.0. The van der Waals surface area contributed by atoms with E-state index in [1.807, 2.05) is 53.1 Å². The Kier molecular flexibility index (Phi) is 3.75. The minimum atomic E-state index is -0.0641. The standard InChI is InChI=1S/C21H20ClN3O/c22-16-5-3-4-15(12-16)20-23-19(17-6-1-2-11-25(17)20)21(26)24-18(13-7-8-13)14-9-10-14/h1-6,11-14,18H,7-10H2,(H,24,26). The van der Waals surface area contributed by atoms with Crippen LogP contribution in [0.15, 0.2) is 48.7 Å². The predicted octanol–water partition coefficient (Wildman–Crippen LogP) is 4.57. The summed E-state index contributed by atoms with van der Waals surface area (Å²) in [6.07, 6.45) is 6.88. The lowest BCUT2D eigenvalue weighted by Gasteiger charge is -2.16. The van der Waals surface area contributed by atoms with Crippen LogP contribution < -0.4 is 5.32 Å². The Bertz CT molecular complexity index is 976. The van der Waals surface area contributed by atoms with Gasteiger partial charge < -0.3 is 5.32 Å². The zero-order valence-electron chi connectivity index (χ0n) is 14.4. The topological polar surface area (TPSA) is 46.4 Å². The summed E-state index contributed by atoms with van der Waals surface area (Å²) in [5.41, 5.74) is 2.22. The van der Waals surface area contributed by atoms with Gasteiger partial charge in [-0.15, -0.1) is 0 Å². The van der Waals surface area contributed by atoms with E-state index >= 15 is 0 Å². The van der Waals surface area contributed by atoms with Gasteiger partial charge in [0.15, 0.2) is 5.69 Å². The lowest BCUT2D eigenvalue weighted by atomic mass is 10.1. The molecule has 2 aliphatic rings. The smallest absolute Gasteiger partial charge is 0.272 e. The zero-order valence-corrected chi connectivity index (χ0v) is 15.1. The molecule has 1 amide bonds. The second-order valence-corrected chi connectivity index (χ2v) is 7.86. The fraction of sp³-hybridized carbons (Fsp3) is 0.333. The number of nitrogens with one attached hydrogen (secondary N) is 1. The molecule has 0 radical (unpaired) electrons. The largest absolute Gasteiger partial charge is 0.347 e. The molecule has 2 saturated carbocycles. The summed E-state index contributed by atoms with van der Waals surface area (Å²) < 4.78 is 1.96. The highest BCUT2D eigenvalue weighted by Crippen LogP contribution is 2.44. The van der Waals surface area contributed by atoms with Gasteiger partial charge in [-0.25, -0.2) is 4.98 Å². The molecular weight excluding hydrogens is 346 g/mol. The third-order valence-electron chi connectivity index (χ3n) is 5.40. The number of carbonyl (C=O) groups excluding carboxylic acids is 1. The fourth-order valence-electron chi connectivity index (χ4n) is 3.79. The summed E-state index contributed by atoms with van der Waals surface area (Å²) >= 11 is 6.15. The first-order valence-corrected chi connectivity index (χ1v) is 9.62. The molecule has 0 aliphatic heterocycles. The number of carbonyl (C=O) groups is 1. The molecule has 5 rings (SSSR count). The maximum Gasteiger partial charge on any atom is 0.272 e. The number of hydrogen-bond donors (Lipinski definition) is 1. The van der Waals surface area contributed by atoms with Gasteiger partial charge in [0.25, 0.3) is 5.91 Å². The Morgan fingerprint density at radius 2 is 1.88 bits per heavy atom. The normalized spacial score (nSPS) is 17.0. The average molecular weight is 366 g/mol. The van der Waals surface area contributed by atoms with Crippen molar-refractivity contribution < 1.29 is 4.79 Å². The van der Waals surface area contributed by atoms with Gasteiger partial charge in [0, 0.05) is 22.8 Å².